The predicted octanol–water partition coefficient (Wildman–Crippen LogP) is 0.824. The van der Waals surface area contributed by atoms with Gasteiger partial charge in [-0.2, -0.15) is 0 Å². The van der Waals surface area contributed by atoms with E-state index in [1.807, 2.05) is 20.8 Å². The summed E-state index contributed by atoms with van der Waals surface area (Å²) in [6.07, 6.45) is 0. The van der Waals surface area contributed by atoms with E-state index in [0.717, 1.165) is 0 Å². The summed E-state index contributed by atoms with van der Waals surface area (Å²) in [5.41, 5.74) is -0.0506. The third-order valence-corrected chi connectivity index (χ3v) is 4.23. The molecule has 0 amide bonds. The molecule has 0 aromatic heterocycles. The summed E-state index contributed by atoms with van der Waals surface area (Å²) in [4.78, 5) is 0. The van der Waals surface area contributed by atoms with Gasteiger partial charge < -0.3 is 10.1 Å². The number of hydrogen-bond acceptors (Lipinski definition) is 4. The molecule has 15 heavy (non-hydrogen) atoms. The van der Waals surface area contributed by atoms with Crippen LogP contribution in [-0.4, -0.2) is 45.2 Å². The minimum atomic E-state index is -3.03. The third kappa shape index (κ3) is 6.87. The SMILES string of the molecule is COCCS(=O)(=O)C(C)CNC(C)(C)C. The first-order valence-corrected chi connectivity index (χ1v) is 6.86. The van der Waals surface area contributed by atoms with Crippen LogP contribution in [0.2, 0.25) is 0 Å². The molecule has 0 aliphatic carbocycles. The number of rotatable bonds is 6. The molecular formula is C10H23NO3S. The Bertz CT molecular complexity index is 267. The second-order valence-corrected chi connectivity index (χ2v) is 7.34. The highest BCUT2D eigenvalue weighted by atomic mass is 32.2. The Labute approximate surface area is 93.3 Å². The van der Waals surface area contributed by atoms with E-state index in [0.29, 0.717) is 6.54 Å². The molecule has 0 bridgehead atoms. The van der Waals surface area contributed by atoms with Crippen molar-refractivity contribution in [2.75, 3.05) is 26.0 Å². The Morgan fingerprint density at radius 2 is 1.87 bits per heavy atom. The first kappa shape index (κ1) is 14.9. The van der Waals surface area contributed by atoms with Crippen LogP contribution in [0.5, 0.6) is 0 Å². The molecule has 0 rings (SSSR count). The molecule has 0 spiro atoms. The number of sulfone groups is 1. The zero-order valence-corrected chi connectivity index (χ0v) is 11.1. The van der Waals surface area contributed by atoms with Crippen molar-refractivity contribution in [1.82, 2.24) is 5.32 Å². The lowest BCUT2D eigenvalue weighted by molar-refractivity contribution is 0.217. The monoisotopic (exact) mass is 237 g/mol. The summed E-state index contributed by atoms with van der Waals surface area (Å²) in [5.74, 6) is 0.0937. The van der Waals surface area contributed by atoms with Gasteiger partial charge in [0.1, 0.15) is 0 Å². The largest absolute Gasteiger partial charge is 0.384 e. The molecule has 0 saturated heterocycles. The van der Waals surface area contributed by atoms with E-state index >= 15 is 0 Å². The molecule has 0 fully saturated rings. The molecule has 0 heterocycles. The van der Waals surface area contributed by atoms with Crippen LogP contribution in [0.3, 0.4) is 0 Å². The molecule has 0 radical (unpaired) electrons. The van der Waals surface area contributed by atoms with E-state index in [-0.39, 0.29) is 23.1 Å². The maximum atomic E-state index is 11.7. The normalized spacial score (nSPS) is 15.3. The van der Waals surface area contributed by atoms with Gasteiger partial charge in [0, 0.05) is 19.2 Å². The summed E-state index contributed by atoms with van der Waals surface area (Å²) >= 11 is 0. The van der Waals surface area contributed by atoms with Crippen molar-refractivity contribution in [2.24, 2.45) is 0 Å². The predicted molar refractivity (Wildman–Crippen MR) is 62.9 cm³/mol. The van der Waals surface area contributed by atoms with Gasteiger partial charge in [0.25, 0.3) is 0 Å². The summed E-state index contributed by atoms with van der Waals surface area (Å²) in [6, 6.07) is 0. The first-order valence-electron chi connectivity index (χ1n) is 5.14. The zero-order chi connectivity index (χ0) is 12.1. The van der Waals surface area contributed by atoms with E-state index in [2.05, 4.69) is 5.32 Å². The van der Waals surface area contributed by atoms with Gasteiger partial charge in [0.2, 0.25) is 0 Å². The molecule has 92 valence electrons. The molecule has 0 aromatic carbocycles. The fourth-order valence-electron chi connectivity index (χ4n) is 0.978. The van der Waals surface area contributed by atoms with Crippen molar-refractivity contribution in [3.63, 3.8) is 0 Å². The Morgan fingerprint density at radius 1 is 1.33 bits per heavy atom. The molecule has 5 heteroatoms. The van der Waals surface area contributed by atoms with E-state index < -0.39 is 9.84 Å². The number of ether oxygens (including phenoxy) is 1. The highest BCUT2D eigenvalue weighted by molar-refractivity contribution is 7.92. The van der Waals surface area contributed by atoms with E-state index in [1.165, 1.54) is 7.11 Å². The van der Waals surface area contributed by atoms with E-state index in [9.17, 15) is 8.42 Å². The van der Waals surface area contributed by atoms with Gasteiger partial charge in [0.05, 0.1) is 17.6 Å². The minimum absolute atomic E-state index is 0.0506. The van der Waals surface area contributed by atoms with Crippen molar-refractivity contribution >= 4 is 9.84 Å². The summed E-state index contributed by atoms with van der Waals surface area (Å²) in [7, 11) is -1.52. The van der Waals surface area contributed by atoms with E-state index in [1.54, 1.807) is 6.92 Å². The molecule has 0 aliphatic heterocycles. The van der Waals surface area contributed by atoms with Crippen LogP contribution in [-0.2, 0) is 14.6 Å². The average molecular weight is 237 g/mol. The third-order valence-electron chi connectivity index (χ3n) is 2.10. The van der Waals surface area contributed by atoms with Crippen LogP contribution in [0, 0.1) is 0 Å². The first-order chi connectivity index (χ1) is 6.69. The maximum Gasteiger partial charge on any atom is 0.156 e. The lowest BCUT2D eigenvalue weighted by Gasteiger charge is -2.23. The van der Waals surface area contributed by atoms with Gasteiger partial charge in [-0.05, 0) is 27.7 Å². The lowest BCUT2D eigenvalue weighted by Crippen LogP contribution is -2.43. The maximum absolute atomic E-state index is 11.7. The number of hydrogen-bond donors (Lipinski definition) is 1. The van der Waals surface area contributed by atoms with Gasteiger partial charge in [0.15, 0.2) is 9.84 Å². The lowest BCUT2D eigenvalue weighted by atomic mass is 10.1. The fraction of sp³-hybridized carbons (Fsp3) is 1.00. The van der Waals surface area contributed by atoms with Crippen LogP contribution in [0.4, 0.5) is 0 Å². The second kappa shape index (κ2) is 5.82. The quantitative estimate of drug-likeness (QED) is 0.743. The molecule has 0 aliphatic rings. The smallest absolute Gasteiger partial charge is 0.156 e. The average Bonchev–Trinajstić information content (AvgIpc) is 2.09. The van der Waals surface area contributed by atoms with Gasteiger partial charge in [-0.3, -0.25) is 0 Å². The topological polar surface area (TPSA) is 55.4 Å². The van der Waals surface area contributed by atoms with Crippen molar-refractivity contribution in [2.45, 2.75) is 38.5 Å². The van der Waals surface area contributed by atoms with Crippen LogP contribution in [0.25, 0.3) is 0 Å². The van der Waals surface area contributed by atoms with Crippen LogP contribution >= 0.6 is 0 Å². The van der Waals surface area contributed by atoms with Crippen molar-refractivity contribution in [1.29, 1.82) is 0 Å². The highest BCUT2D eigenvalue weighted by Crippen LogP contribution is 2.04. The van der Waals surface area contributed by atoms with Crippen LogP contribution in [0.15, 0.2) is 0 Å². The van der Waals surface area contributed by atoms with Crippen LogP contribution in [0.1, 0.15) is 27.7 Å². The summed E-state index contributed by atoms with van der Waals surface area (Å²) in [6.45, 7) is 8.52. The Hall–Kier alpha value is -0.130. The molecule has 0 saturated carbocycles. The molecule has 4 nitrogen and oxygen atoms in total. The molecule has 1 atom stereocenters. The van der Waals surface area contributed by atoms with Crippen molar-refractivity contribution in [3.05, 3.63) is 0 Å². The summed E-state index contributed by atoms with van der Waals surface area (Å²) in [5, 5.41) is 2.82. The summed E-state index contributed by atoms with van der Waals surface area (Å²) < 4.78 is 28.1. The minimum Gasteiger partial charge on any atom is -0.384 e. The van der Waals surface area contributed by atoms with Crippen molar-refractivity contribution in [3.8, 4) is 0 Å². The van der Waals surface area contributed by atoms with Gasteiger partial charge in [-0.1, -0.05) is 0 Å². The molecule has 1 N–H and O–H groups in total. The van der Waals surface area contributed by atoms with Gasteiger partial charge in [-0.25, -0.2) is 8.42 Å². The Morgan fingerprint density at radius 3 is 2.27 bits per heavy atom. The Kier molecular flexibility index (Phi) is 5.77. The Balaban J connectivity index is 4.14. The fourth-order valence-corrected chi connectivity index (χ4v) is 2.12. The van der Waals surface area contributed by atoms with E-state index in [4.69, 9.17) is 4.74 Å². The molecule has 0 aromatic rings. The van der Waals surface area contributed by atoms with Crippen molar-refractivity contribution < 1.29 is 13.2 Å². The van der Waals surface area contributed by atoms with Gasteiger partial charge >= 0.3 is 0 Å². The standard InChI is InChI=1S/C10H23NO3S/c1-9(8-11-10(2,3)4)15(12,13)7-6-14-5/h9,11H,6-8H2,1-5H3. The number of methoxy groups -OCH3 is 1. The molecular weight excluding hydrogens is 214 g/mol. The second-order valence-electron chi connectivity index (χ2n) is 4.80. The molecule has 1 unspecified atom stereocenters. The highest BCUT2D eigenvalue weighted by Gasteiger charge is 2.22. The van der Waals surface area contributed by atoms with Crippen LogP contribution < -0.4 is 5.32 Å². The number of nitrogens with one attached hydrogen (secondary N) is 1. The van der Waals surface area contributed by atoms with Gasteiger partial charge in [-0.15, -0.1) is 0 Å². The zero-order valence-electron chi connectivity index (χ0n) is 10.3.